The number of ether oxygens (including phenoxy) is 1. The first-order chi connectivity index (χ1) is 15.2. The van der Waals surface area contributed by atoms with Gasteiger partial charge in [-0.3, -0.25) is 4.40 Å². The summed E-state index contributed by atoms with van der Waals surface area (Å²) >= 11 is 1.68. The van der Waals surface area contributed by atoms with E-state index in [0.717, 1.165) is 50.6 Å². The third-order valence-corrected chi connectivity index (χ3v) is 6.86. The SMILES string of the molecule is Cc1nc2c(C)cc(-c3cn4cc(C5CCN(C(=O)OC(C)(C)C)CC5)nc4s3)cc2o1. The minimum Gasteiger partial charge on any atom is -0.444 e. The molecule has 1 amide bonds. The lowest BCUT2D eigenvalue weighted by Gasteiger charge is -2.32. The molecule has 8 heteroatoms. The Morgan fingerprint density at radius 2 is 1.91 bits per heavy atom. The Kier molecular flexibility index (Phi) is 5.00. The maximum Gasteiger partial charge on any atom is 0.410 e. The topological polar surface area (TPSA) is 72.9 Å². The third kappa shape index (κ3) is 3.99. The molecule has 1 fully saturated rings. The molecule has 0 N–H and O–H groups in total. The van der Waals surface area contributed by atoms with Gasteiger partial charge in [-0.2, -0.15) is 0 Å². The number of hydrogen-bond donors (Lipinski definition) is 0. The van der Waals surface area contributed by atoms with Gasteiger partial charge in [0.15, 0.2) is 16.4 Å². The first-order valence-electron chi connectivity index (χ1n) is 11.0. The zero-order valence-electron chi connectivity index (χ0n) is 19.1. The van der Waals surface area contributed by atoms with Crippen LogP contribution in [0.5, 0.6) is 0 Å². The van der Waals surface area contributed by atoms with Gasteiger partial charge in [-0.25, -0.2) is 14.8 Å². The molecular weight excluding hydrogens is 424 g/mol. The minimum absolute atomic E-state index is 0.222. The fourth-order valence-corrected chi connectivity index (χ4v) is 5.24. The van der Waals surface area contributed by atoms with E-state index in [9.17, 15) is 4.79 Å². The number of aromatic nitrogens is 3. The van der Waals surface area contributed by atoms with Crippen molar-refractivity contribution in [1.82, 2.24) is 19.3 Å². The second kappa shape index (κ2) is 7.62. The van der Waals surface area contributed by atoms with E-state index >= 15 is 0 Å². The van der Waals surface area contributed by atoms with E-state index in [1.54, 1.807) is 11.3 Å². The molecule has 7 nitrogen and oxygen atoms in total. The van der Waals surface area contributed by atoms with Gasteiger partial charge >= 0.3 is 6.09 Å². The normalized spacial score (nSPS) is 15.7. The molecule has 4 aromatic rings. The molecule has 1 aliphatic heterocycles. The summed E-state index contributed by atoms with van der Waals surface area (Å²) in [4.78, 5) is 25.6. The number of carbonyl (C=O) groups is 1. The van der Waals surface area contributed by atoms with E-state index in [1.165, 1.54) is 0 Å². The number of piperidine rings is 1. The number of carbonyl (C=O) groups excluding carboxylic acids is 1. The molecule has 0 bridgehead atoms. The molecule has 0 unspecified atom stereocenters. The van der Waals surface area contributed by atoms with Crippen molar-refractivity contribution in [3.8, 4) is 10.4 Å². The molecule has 3 aromatic heterocycles. The van der Waals surface area contributed by atoms with Crippen molar-refractivity contribution in [3.63, 3.8) is 0 Å². The van der Waals surface area contributed by atoms with Crippen LogP contribution in [0.2, 0.25) is 0 Å². The largest absolute Gasteiger partial charge is 0.444 e. The monoisotopic (exact) mass is 452 g/mol. The van der Waals surface area contributed by atoms with Gasteiger partial charge in [0.1, 0.15) is 11.1 Å². The van der Waals surface area contributed by atoms with E-state index in [0.29, 0.717) is 24.9 Å². The Morgan fingerprint density at radius 1 is 1.16 bits per heavy atom. The predicted octanol–water partition coefficient (Wildman–Crippen LogP) is 5.94. The van der Waals surface area contributed by atoms with Gasteiger partial charge in [-0.15, -0.1) is 0 Å². The Labute approximate surface area is 191 Å². The quantitative estimate of drug-likeness (QED) is 0.377. The molecule has 0 aliphatic carbocycles. The molecule has 0 atom stereocenters. The van der Waals surface area contributed by atoms with Crippen molar-refractivity contribution >= 4 is 33.5 Å². The van der Waals surface area contributed by atoms with Crippen LogP contribution in [0.1, 0.15) is 56.7 Å². The van der Waals surface area contributed by atoms with Gasteiger partial charge < -0.3 is 14.1 Å². The molecule has 1 saturated heterocycles. The molecule has 1 aliphatic rings. The van der Waals surface area contributed by atoms with Crippen molar-refractivity contribution in [2.75, 3.05) is 13.1 Å². The Bertz CT molecular complexity index is 1270. The number of thiazole rings is 1. The van der Waals surface area contributed by atoms with Gasteiger partial charge in [-0.05, 0) is 63.8 Å². The van der Waals surface area contributed by atoms with Crippen molar-refractivity contribution in [2.45, 2.75) is 59.0 Å². The van der Waals surface area contributed by atoms with Gasteiger partial charge in [-0.1, -0.05) is 11.3 Å². The predicted molar refractivity (Wildman–Crippen MR) is 125 cm³/mol. The number of nitrogens with zero attached hydrogens (tertiary/aromatic N) is 4. The number of fused-ring (bicyclic) bond motifs is 2. The molecule has 168 valence electrons. The van der Waals surface area contributed by atoms with E-state index in [-0.39, 0.29) is 6.09 Å². The summed E-state index contributed by atoms with van der Waals surface area (Å²) in [5, 5.41) is 0. The van der Waals surface area contributed by atoms with Crippen molar-refractivity contribution in [3.05, 3.63) is 41.7 Å². The lowest BCUT2D eigenvalue weighted by atomic mass is 9.94. The summed E-state index contributed by atoms with van der Waals surface area (Å²) < 4.78 is 13.4. The number of oxazole rings is 1. The van der Waals surface area contributed by atoms with Crippen LogP contribution in [0.25, 0.3) is 26.5 Å². The van der Waals surface area contributed by atoms with Crippen molar-refractivity contribution in [2.24, 2.45) is 0 Å². The molecule has 0 radical (unpaired) electrons. The molecule has 0 spiro atoms. The summed E-state index contributed by atoms with van der Waals surface area (Å²) in [6.07, 6.45) is 5.85. The molecule has 1 aromatic carbocycles. The number of amides is 1. The van der Waals surface area contributed by atoms with Crippen LogP contribution in [-0.4, -0.2) is 44.1 Å². The zero-order chi connectivity index (χ0) is 22.6. The number of benzene rings is 1. The summed E-state index contributed by atoms with van der Waals surface area (Å²) in [6.45, 7) is 11.0. The fourth-order valence-electron chi connectivity index (χ4n) is 4.28. The van der Waals surface area contributed by atoms with Crippen LogP contribution in [0.15, 0.2) is 28.9 Å². The Morgan fingerprint density at radius 3 is 2.59 bits per heavy atom. The summed E-state index contributed by atoms with van der Waals surface area (Å²) in [7, 11) is 0. The highest BCUT2D eigenvalue weighted by molar-refractivity contribution is 7.20. The van der Waals surface area contributed by atoms with Crippen LogP contribution in [0.3, 0.4) is 0 Å². The smallest absolute Gasteiger partial charge is 0.410 e. The summed E-state index contributed by atoms with van der Waals surface area (Å²) in [6, 6.07) is 4.21. The highest BCUT2D eigenvalue weighted by Crippen LogP contribution is 2.35. The van der Waals surface area contributed by atoms with E-state index in [2.05, 4.69) is 40.8 Å². The van der Waals surface area contributed by atoms with Gasteiger partial charge in [0.25, 0.3) is 0 Å². The maximum atomic E-state index is 12.3. The number of aryl methyl sites for hydroxylation is 2. The number of rotatable bonds is 2. The number of likely N-dealkylation sites (tertiary alicyclic amines) is 1. The van der Waals surface area contributed by atoms with Crippen molar-refractivity contribution in [1.29, 1.82) is 0 Å². The standard InChI is InChI=1S/C24H28N4O3S/c1-14-10-17(11-19-21(14)25-15(2)30-19)20-13-28-12-18(26-22(28)32-20)16-6-8-27(9-7-16)23(29)31-24(3,4)5/h10-13,16H,6-9H2,1-5H3. The first-order valence-corrected chi connectivity index (χ1v) is 11.8. The van der Waals surface area contributed by atoms with Gasteiger partial charge in [0.2, 0.25) is 0 Å². The van der Waals surface area contributed by atoms with Crippen LogP contribution in [0, 0.1) is 13.8 Å². The molecule has 4 heterocycles. The highest BCUT2D eigenvalue weighted by atomic mass is 32.1. The second-order valence-corrected chi connectivity index (χ2v) is 10.6. The van der Waals surface area contributed by atoms with E-state index in [4.69, 9.17) is 14.1 Å². The molecule has 5 rings (SSSR count). The summed E-state index contributed by atoms with van der Waals surface area (Å²) in [5.41, 5.74) is 4.61. The minimum atomic E-state index is -0.463. The first kappa shape index (κ1) is 21.0. The second-order valence-electron chi connectivity index (χ2n) is 9.57. The highest BCUT2D eigenvalue weighted by Gasteiger charge is 2.28. The van der Waals surface area contributed by atoms with Crippen LogP contribution >= 0.6 is 11.3 Å². The zero-order valence-corrected chi connectivity index (χ0v) is 20.0. The third-order valence-electron chi connectivity index (χ3n) is 5.82. The van der Waals surface area contributed by atoms with E-state index in [1.807, 2.05) is 32.6 Å². The van der Waals surface area contributed by atoms with Crippen LogP contribution in [0.4, 0.5) is 4.79 Å². The molecular formula is C24H28N4O3S. The fraction of sp³-hybridized carbons (Fsp3) is 0.458. The summed E-state index contributed by atoms with van der Waals surface area (Å²) in [5.74, 6) is 1.04. The van der Waals surface area contributed by atoms with Gasteiger partial charge in [0, 0.05) is 38.3 Å². The molecule has 32 heavy (non-hydrogen) atoms. The lowest BCUT2D eigenvalue weighted by molar-refractivity contribution is 0.0204. The number of imidazole rings is 1. The number of hydrogen-bond acceptors (Lipinski definition) is 6. The van der Waals surface area contributed by atoms with Crippen LogP contribution in [-0.2, 0) is 4.74 Å². The lowest BCUT2D eigenvalue weighted by Crippen LogP contribution is -2.41. The average Bonchev–Trinajstić information content (AvgIpc) is 3.39. The van der Waals surface area contributed by atoms with Crippen molar-refractivity contribution < 1.29 is 13.9 Å². The van der Waals surface area contributed by atoms with Crippen LogP contribution < -0.4 is 0 Å². The maximum absolute atomic E-state index is 12.3. The van der Waals surface area contributed by atoms with E-state index < -0.39 is 5.60 Å². The Balaban J connectivity index is 1.31. The average molecular weight is 453 g/mol. The van der Waals surface area contributed by atoms with Gasteiger partial charge in [0.05, 0.1) is 10.6 Å². The Hall–Kier alpha value is -2.87. The molecule has 0 saturated carbocycles.